The number of carbonyl (C=O) groups is 2. The Bertz CT molecular complexity index is 950. The number of ketones is 1. The van der Waals surface area contributed by atoms with Gasteiger partial charge in [0, 0.05) is 41.6 Å². The average molecular weight is 442 g/mol. The van der Waals surface area contributed by atoms with Gasteiger partial charge >= 0.3 is 0 Å². The van der Waals surface area contributed by atoms with Crippen molar-refractivity contribution in [2.24, 2.45) is 7.05 Å². The first-order valence-electron chi connectivity index (χ1n) is 8.83. The number of benzene rings is 2. The van der Waals surface area contributed by atoms with Crippen molar-refractivity contribution in [2.45, 2.75) is 12.8 Å². The molecule has 1 heterocycles. The number of halogens is 1. The van der Waals surface area contributed by atoms with Crippen molar-refractivity contribution in [1.82, 2.24) is 9.55 Å². The topological polar surface area (TPSA) is 73.2 Å². The molecule has 0 spiro atoms. The third-order valence-electron chi connectivity index (χ3n) is 4.09. The second kappa shape index (κ2) is 9.32. The molecule has 7 heteroatoms. The summed E-state index contributed by atoms with van der Waals surface area (Å²) < 4.78 is 8.27. The summed E-state index contributed by atoms with van der Waals surface area (Å²) in [4.78, 5) is 28.5. The molecule has 3 aromatic rings. The maximum atomic E-state index is 12.4. The van der Waals surface area contributed by atoms with E-state index in [9.17, 15) is 9.59 Å². The van der Waals surface area contributed by atoms with Crippen molar-refractivity contribution in [3.8, 4) is 5.75 Å². The first-order chi connectivity index (χ1) is 13.5. The van der Waals surface area contributed by atoms with Gasteiger partial charge in [-0.3, -0.25) is 9.59 Å². The highest BCUT2D eigenvalue weighted by atomic mass is 79.9. The lowest BCUT2D eigenvalue weighted by Crippen LogP contribution is -2.13. The number of nitrogens with one attached hydrogen (secondary N) is 1. The van der Waals surface area contributed by atoms with Crippen LogP contribution in [0.2, 0.25) is 0 Å². The number of nitrogens with zero attached hydrogens (tertiary/aromatic N) is 2. The molecule has 28 heavy (non-hydrogen) atoms. The quantitative estimate of drug-likeness (QED) is 0.419. The van der Waals surface area contributed by atoms with Gasteiger partial charge in [-0.05, 0) is 55.0 Å². The molecule has 0 saturated heterocycles. The molecule has 144 valence electrons. The van der Waals surface area contributed by atoms with Crippen LogP contribution in [0.15, 0.2) is 65.4 Å². The molecule has 0 atom stereocenters. The minimum atomic E-state index is -0.157. The van der Waals surface area contributed by atoms with E-state index >= 15 is 0 Å². The molecule has 6 nitrogen and oxygen atoms in total. The molecule has 1 N–H and O–H groups in total. The molecule has 3 rings (SSSR count). The van der Waals surface area contributed by atoms with Gasteiger partial charge in [0.25, 0.3) is 0 Å². The number of hydrogen-bond acceptors (Lipinski definition) is 4. The van der Waals surface area contributed by atoms with E-state index in [-0.39, 0.29) is 11.7 Å². The van der Waals surface area contributed by atoms with Gasteiger partial charge in [-0.2, -0.15) is 0 Å². The Morgan fingerprint density at radius 1 is 1.11 bits per heavy atom. The number of anilines is 1. The molecular weight excluding hydrogens is 422 g/mol. The van der Waals surface area contributed by atoms with Crippen molar-refractivity contribution in [3.63, 3.8) is 0 Å². The van der Waals surface area contributed by atoms with Crippen LogP contribution in [0, 0.1) is 0 Å². The Labute approximate surface area is 171 Å². The third kappa shape index (κ3) is 5.29. The number of amides is 1. The summed E-state index contributed by atoms with van der Waals surface area (Å²) in [5.41, 5.74) is 1.17. The summed E-state index contributed by atoms with van der Waals surface area (Å²) >= 11 is 3.37. The van der Waals surface area contributed by atoms with E-state index in [0.29, 0.717) is 36.5 Å². The van der Waals surface area contributed by atoms with E-state index in [1.807, 2.05) is 24.3 Å². The van der Waals surface area contributed by atoms with Crippen LogP contribution in [-0.2, 0) is 11.8 Å². The molecule has 1 aromatic heterocycles. The van der Waals surface area contributed by atoms with Crippen LogP contribution in [0.3, 0.4) is 0 Å². The second-order valence-corrected chi connectivity index (χ2v) is 7.14. The van der Waals surface area contributed by atoms with Crippen molar-refractivity contribution >= 4 is 33.3 Å². The monoisotopic (exact) mass is 441 g/mol. The Kier molecular flexibility index (Phi) is 6.60. The third-order valence-corrected chi connectivity index (χ3v) is 4.61. The van der Waals surface area contributed by atoms with Gasteiger partial charge < -0.3 is 14.6 Å². The number of aromatic nitrogens is 2. The molecule has 0 fully saturated rings. The predicted molar refractivity (Wildman–Crippen MR) is 111 cm³/mol. The average Bonchev–Trinajstić information content (AvgIpc) is 3.12. The second-order valence-electron chi connectivity index (χ2n) is 6.22. The van der Waals surface area contributed by atoms with Gasteiger partial charge in [0.05, 0.1) is 6.61 Å². The maximum Gasteiger partial charge on any atom is 0.228 e. The summed E-state index contributed by atoms with van der Waals surface area (Å²) in [5.74, 6) is 0.900. The summed E-state index contributed by atoms with van der Waals surface area (Å²) in [5, 5.41) is 2.83. The summed E-state index contributed by atoms with van der Waals surface area (Å²) in [6, 6.07) is 14.4. The Morgan fingerprint density at radius 3 is 2.46 bits per heavy atom. The number of carbonyl (C=O) groups excluding carboxylic acids is 2. The molecule has 0 aliphatic rings. The lowest BCUT2D eigenvalue weighted by Gasteiger charge is -2.08. The number of ether oxygens (including phenoxy) is 1. The van der Waals surface area contributed by atoms with E-state index in [4.69, 9.17) is 4.74 Å². The molecule has 0 saturated carbocycles. The first-order valence-corrected chi connectivity index (χ1v) is 9.62. The molecule has 0 bridgehead atoms. The Morgan fingerprint density at radius 2 is 1.82 bits per heavy atom. The van der Waals surface area contributed by atoms with Crippen LogP contribution in [-0.4, -0.2) is 27.8 Å². The molecule has 2 aromatic carbocycles. The van der Waals surface area contributed by atoms with E-state index < -0.39 is 0 Å². The predicted octanol–water partition coefficient (Wildman–Crippen LogP) is 4.21. The number of hydrogen-bond donors (Lipinski definition) is 1. The van der Waals surface area contributed by atoms with E-state index in [2.05, 4.69) is 26.2 Å². The van der Waals surface area contributed by atoms with Gasteiger partial charge in [-0.15, -0.1) is 0 Å². The zero-order valence-electron chi connectivity index (χ0n) is 15.4. The van der Waals surface area contributed by atoms with E-state index in [1.54, 1.807) is 48.3 Å². The molecule has 0 aliphatic heterocycles. The van der Waals surface area contributed by atoms with Gasteiger partial charge in [-0.25, -0.2) is 4.98 Å². The SMILES string of the molecule is Cn1ccnc1C(=O)c1ccc(NC(=O)CCCOc2ccc(Br)cc2)cc1. The summed E-state index contributed by atoms with van der Waals surface area (Å²) in [7, 11) is 1.77. The molecule has 1 amide bonds. The number of aryl methyl sites for hydroxylation is 1. The van der Waals surface area contributed by atoms with E-state index in [0.717, 1.165) is 10.2 Å². The minimum absolute atomic E-state index is 0.0948. The fourth-order valence-electron chi connectivity index (χ4n) is 2.60. The first kappa shape index (κ1) is 19.8. The van der Waals surface area contributed by atoms with Gasteiger partial charge in [0.1, 0.15) is 5.75 Å². The number of imidazole rings is 1. The normalized spacial score (nSPS) is 10.5. The van der Waals surface area contributed by atoms with Crippen LogP contribution < -0.4 is 10.1 Å². The Hall–Kier alpha value is -2.93. The molecule has 0 unspecified atom stereocenters. The Balaban J connectivity index is 1.44. The molecular formula is C21H20BrN3O3. The zero-order valence-corrected chi connectivity index (χ0v) is 17.0. The van der Waals surface area contributed by atoms with Crippen LogP contribution in [0.5, 0.6) is 5.75 Å². The summed E-state index contributed by atoms with van der Waals surface area (Å²) in [6.45, 7) is 0.464. The fourth-order valence-corrected chi connectivity index (χ4v) is 2.86. The maximum absolute atomic E-state index is 12.4. The summed E-state index contributed by atoms with van der Waals surface area (Å²) in [6.07, 6.45) is 4.27. The lowest BCUT2D eigenvalue weighted by molar-refractivity contribution is -0.116. The van der Waals surface area contributed by atoms with Gasteiger partial charge in [0.2, 0.25) is 11.7 Å². The molecule has 0 radical (unpaired) electrons. The van der Waals surface area contributed by atoms with Crippen molar-refractivity contribution < 1.29 is 14.3 Å². The van der Waals surface area contributed by atoms with Gasteiger partial charge in [0.15, 0.2) is 5.82 Å². The molecule has 0 aliphatic carbocycles. The van der Waals surface area contributed by atoms with Crippen molar-refractivity contribution in [1.29, 1.82) is 0 Å². The standard InChI is InChI=1S/C21H20BrN3O3/c1-25-13-12-23-21(25)20(27)15-4-8-17(9-5-15)24-19(26)3-2-14-28-18-10-6-16(22)7-11-18/h4-13H,2-3,14H2,1H3,(H,24,26). The van der Waals surface area contributed by atoms with Crippen molar-refractivity contribution in [2.75, 3.05) is 11.9 Å². The minimum Gasteiger partial charge on any atom is -0.494 e. The lowest BCUT2D eigenvalue weighted by atomic mass is 10.1. The largest absolute Gasteiger partial charge is 0.494 e. The smallest absolute Gasteiger partial charge is 0.228 e. The zero-order chi connectivity index (χ0) is 19.9. The fraction of sp³-hybridized carbons (Fsp3) is 0.190. The highest BCUT2D eigenvalue weighted by Crippen LogP contribution is 2.17. The van der Waals surface area contributed by atoms with Crippen LogP contribution >= 0.6 is 15.9 Å². The number of rotatable bonds is 8. The van der Waals surface area contributed by atoms with Gasteiger partial charge in [-0.1, -0.05) is 15.9 Å². The van der Waals surface area contributed by atoms with Crippen LogP contribution in [0.4, 0.5) is 5.69 Å². The van der Waals surface area contributed by atoms with Crippen molar-refractivity contribution in [3.05, 3.63) is 76.8 Å². The highest BCUT2D eigenvalue weighted by Gasteiger charge is 2.13. The van der Waals surface area contributed by atoms with Crippen LogP contribution in [0.25, 0.3) is 0 Å². The van der Waals surface area contributed by atoms with Crippen LogP contribution in [0.1, 0.15) is 29.0 Å². The highest BCUT2D eigenvalue weighted by molar-refractivity contribution is 9.10. The van der Waals surface area contributed by atoms with E-state index in [1.165, 1.54) is 0 Å².